The van der Waals surface area contributed by atoms with Crippen LogP contribution in [0, 0.1) is 17.3 Å². The van der Waals surface area contributed by atoms with Gasteiger partial charge in [0.05, 0.1) is 18.6 Å². The minimum absolute atomic E-state index is 0.00379. The number of amides is 2. The largest absolute Gasteiger partial charge is 0.465 e. The highest BCUT2D eigenvalue weighted by molar-refractivity contribution is 5.99. The minimum Gasteiger partial charge on any atom is -0.465 e. The molecule has 1 N–H and O–H groups in total. The maximum Gasteiger partial charge on any atom is 0.312 e. The van der Waals surface area contributed by atoms with Crippen LogP contribution in [0.5, 0.6) is 0 Å². The van der Waals surface area contributed by atoms with E-state index in [1.54, 1.807) is 4.90 Å². The van der Waals surface area contributed by atoms with Crippen LogP contribution in [-0.4, -0.2) is 82.3 Å². The third kappa shape index (κ3) is 4.55. The van der Waals surface area contributed by atoms with Gasteiger partial charge in [-0.05, 0) is 44.9 Å². The Morgan fingerprint density at radius 2 is 1.83 bits per heavy atom. The van der Waals surface area contributed by atoms with Gasteiger partial charge in [0.25, 0.3) is 0 Å². The highest BCUT2D eigenvalue weighted by atomic mass is 16.6. The number of carbonyl (C=O) groups excluding carboxylic acids is 3. The molecule has 0 bridgehead atoms. The molecule has 1 unspecified atom stereocenters. The van der Waals surface area contributed by atoms with E-state index in [0.29, 0.717) is 32.4 Å². The summed E-state index contributed by atoms with van der Waals surface area (Å²) in [5, 5.41) is 9.32. The lowest BCUT2D eigenvalue weighted by Gasteiger charge is -2.44. The fraction of sp³-hybridized carbons (Fsp3) is 0.741. The van der Waals surface area contributed by atoms with Crippen LogP contribution in [0.3, 0.4) is 0 Å². The monoisotopic (exact) mass is 488 g/mol. The first-order valence-electron chi connectivity index (χ1n) is 12.8. The van der Waals surface area contributed by atoms with Crippen molar-refractivity contribution in [3.05, 3.63) is 24.3 Å². The first-order valence-corrected chi connectivity index (χ1v) is 12.8. The molecule has 0 aromatic rings. The molecule has 8 heteroatoms. The molecule has 0 aromatic heterocycles. The number of likely N-dealkylation sites (tertiary alicyclic amines) is 1. The molecule has 4 aliphatic heterocycles. The number of cyclic esters (lactones) is 1. The van der Waals surface area contributed by atoms with E-state index in [1.807, 2.05) is 29.2 Å². The van der Waals surface area contributed by atoms with Crippen molar-refractivity contribution in [1.29, 1.82) is 0 Å². The van der Waals surface area contributed by atoms with Gasteiger partial charge in [0, 0.05) is 25.2 Å². The lowest BCUT2D eigenvalue weighted by atomic mass is 9.77. The van der Waals surface area contributed by atoms with Crippen molar-refractivity contribution in [2.75, 3.05) is 26.3 Å². The number of hydrogen-bond acceptors (Lipinski definition) is 6. The van der Waals surface area contributed by atoms with E-state index in [-0.39, 0.29) is 30.4 Å². The van der Waals surface area contributed by atoms with Gasteiger partial charge in [0.1, 0.15) is 17.6 Å². The average Bonchev–Trinajstić information content (AvgIpc) is 3.10. The molecular weight excluding hydrogens is 448 g/mol. The van der Waals surface area contributed by atoms with Gasteiger partial charge in [-0.1, -0.05) is 45.1 Å². The number of esters is 1. The van der Waals surface area contributed by atoms with Crippen molar-refractivity contribution in [2.45, 2.75) is 83.6 Å². The molecule has 0 saturated carbocycles. The van der Waals surface area contributed by atoms with Gasteiger partial charge in [-0.25, -0.2) is 0 Å². The van der Waals surface area contributed by atoms with E-state index in [0.717, 1.165) is 6.42 Å². The third-order valence-electron chi connectivity index (χ3n) is 7.62. The Kier molecular flexibility index (Phi) is 6.92. The van der Waals surface area contributed by atoms with Crippen molar-refractivity contribution in [2.24, 2.45) is 17.3 Å². The van der Waals surface area contributed by atoms with Crippen molar-refractivity contribution >= 4 is 17.8 Å². The Morgan fingerprint density at radius 1 is 1.09 bits per heavy atom. The van der Waals surface area contributed by atoms with Gasteiger partial charge < -0.3 is 24.4 Å². The second-order valence-corrected chi connectivity index (χ2v) is 12.1. The summed E-state index contributed by atoms with van der Waals surface area (Å²) >= 11 is 0. The summed E-state index contributed by atoms with van der Waals surface area (Å²) in [4.78, 5) is 44.8. The molecule has 0 aliphatic carbocycles. The van der Waals surface area contributed by atoms with Crippen LogP contribution >= 0.6 is 0 Å². The van der Waals surface area contributed by atoms with Crippen LogP contribution in [0.25, 0.3) is 0 Å². The predicted octanol–water partition coefficient (Wildman–Crippen LogP) is 2.46. The van der Waals surface area contributed by atoms with E-state index in [2.05, 4.69) is 34.6 Å². The molecule has 35 heavy (non-hydrogen) atoms. The van der Waals surface area contributed by atoms with Crippen LogP contribution in [0.1, 0.15) is 60.3 Å². The van der Waals surface area contributed by atoms with Gasteiger partial charge in [-0.15, -0.1) is 0 Å². The predicted molar refractivity (Wildman–Crippen MR) is 130 cm³/mol. The number of aliphatic hydroxyl groups is 1. The van der Waals surface area contributed by atoms with Gasteiger partial charge in [-0.3, -0.25) is 14.4 Å². The van der Waals surface area contributed by atoms with E-state index >= 15 is 0 Å². The molecule has 194 valence electrons. The van der Waals surface area contributed by atoms with E-state index in [4.69, 9.17) is 9.47 Å². The second kappa shape index (κ2) is 9.36. The summed E-state index contributed by atoms with van der Waals surface area (Å²) in [6, 6.07) is -0.869. The van der Waals surface area contributed by atoms with Crippen molar-refractivity contribution in [3.63, 3.8) is 0 Å². The van der Waals surface area contributed by atoms with Crippen LogP contribution in [0.15, 0.2) is 24.3 Å². The SMILES string of the molecule is CC(C)(C)CC(C)(C)N1CC=C[C@]23O[C@@H]4C=CCCOC(=O)[C@@H]4[C@H]2C(=O)N(CCCCO)C3C1=O. The van der Waals surface area contributed by atoms with E-state index < -0.39 is 41.1 Å². The number of aliphatic hydroxyl groups excluding tert-OH is 1. The first kappa shape index (κ1) is 25.9. The number of fused-ring (bicyclic) bond motifs is 2. The first-order chi connectivity index (χ1) is 16.4. The average molecular weight is 489 g/mol. The molecular formula is C27H40N2O6. The highest BCUT2D eigenvalue weighted by Gasteiger charge is 2.72. The van der Waals surface area contributed by atoms with Crippen LogP contribution in [0.2, 0.25) is 0 Å². The fourth-order valence-corrected chi connectivity index (χ4v) is 6.68. The smallest absolute Gasteiger partial charge is 0.312 e. The summed E-state index contributed by atoms with van der Waals surface area (Å²) in [6.45, 7) is 11.6. The lowest BCUT2D eigenvalue weighted by Crippen LogP contribution is -2.59. The summed E-state index contributed by atoms with van der Waals surface area (Å²) in [6.07, 6.45) is 9.39. The summed E-state index contributed by atoms with van der Waals surface area (Å²) in [5.41, 5.74) is -1.69. The lowest BCUT2D eigenvalue weighted by molar-refractivity contribution is -0.156. The number of nitrogens with zero attached hydrogens (tertiary/aromatic N) is 2. The number of rotatable bonds is 6. The Balaban J connectivity index is 1.78. The normalized spacial score (nSPS) is 33.1. The molecule has 1 spiro atoms. The van der Waals surface area contributed by atoms with Crippen LogP contribution in [0.4, 0.5) is 0 Å². The Labute approximate surface area is 208 Å². The van der Waals surface area contributed by atoms with Crippen molar-refractivity contribution in [3.8, 4) is 0 Å². The van der Waals surface area contributed by atoms with Gasteiger partial charge in [-0.2, -0.15) is 0 Å². The fourth-order valence-electron chi connectivity index (χ4n) is 6.68. The standard InChI is InChI=1S/C27H40N2O6/c1-25(2,3)17-26(4,5)29-14-10-12-27-20(19-18(35-27)11-6-9-16-34-24(19)33)22(31)28(13-7-8-15-30)21(27)23(29)32/h6,10-12,18-21,30H,7-9,13-17H2,1-5H3/t18-,19+,20+,21?,27+/m1/s1. The molecule has 4 rings (SSSR count). The van der Waals surface area contributed by atoms with Crippen LogP contribution in [-0.2, 0) is 23.9 Å². The molecule has 0 radical (unpaired) electrons. The number of carbonyl (C=O) groups is 3. The molecule has 4 heterocycles. The van der Waals surface area contributed by atoms with Gasteiger partial charge >= 0.3 is 5.97 Å². The number of ether oxygens (including phenoxy) is 2. The van der Waals surface area contributed by atoms with Crippen molar-refractivity contribution < 1.29 is 29.0 Å². The van der Waals surface area contributed by atoms with Crippen molar-refractivity contribution in [1.82, 2.24) is 9.80 Å². The Hall–Kier alpha value is -2.19. The third-order valence-corrected chi connectivity index (χ3v) is 7.62. The Morgan fingerprint density at radius 3 is 2.51 bits per heavy atom. The molecule has 2 fully saturated rings. The summed E-state index contributed by atoms with van der Waals surface area (Å²) in [5.74, 6) is -2.47. The maximum absolute atomic E-state index is 14.3. The molecule has 4 aliphatic rings. The second-order valence-electron chi connectivity index (χ2n) is 12.1. The van der Waals surface area contributed by atoms with Gasteiger partial charge in [0.2, 0.25) is 11.8 Å². The zero-order chi connectivity index (χ0) is 25.6. The maximum atomic E-state index is 14.3. The number of unbranched alkanes of at least 4 members (excludes halogenated alkanes) is 1. The van der Waals surface area contributed by atoms with E-state index in [1.165, 1.54) is 0 Å². The van der Waals surface area contributed by atoms with E-state index in [9.17, 15) is 19.5 Å². The minimum atomic E-state index is -1.23. The zero-order valence-electron chi connectivity index (χ0n) is 21.7. The topological polar surface area (TPSA) is 96.4 Å². The summed E-state index contributed by atoms with van der Waals surface area (Å²) < 4.78 is 12.0. The Bertz CT molecular complexity index is 919. The molecule has 2 saturated heterocycles. The molecule has 0 aromatic carbocycles. The highest BCUT2D eigenvalue weighted by Crippen LogP contribution is 2.53. The molecule has 5 atom stereocenters. The van der Waals surface area contributed by atoms with Gasteiger partial charge in [0.15, 0.2) is 0 Å². The molecule has 2 amide bonds. The number of hydrogen-bond donors (Lipinski definition) is 1. The zero-order valence-corrected chi connectivity index (χ0v) is 21.7. The van der Waals surface area contributed by atoms with Crippen LogP contribution < -0.4 is 0 Å². The molecule has 8 nitrogen and oxygen atoms in total. The summed E-state index contributed by atoms with van der Waals surface area (Å²) in [7, 11) is 0. The quantitative estimate of drug-likeness (QED) is 0.351.